The Labute approximate surface area is 123 Å². The van der Waals surface area contributed by atoms with Crippen LogP contribution in [-0.4, -0.2) is 46.2 Å². The number of rotatable bonds is 5. The van der Waals surface area contributed by atoms with Crippen LogP contribution in [0.2, 0.25) is 0 Å². The van der Waals surface area contributed by atoms with Crippen LogP contribution in [0, 0.1) is 5.92 Å². The number of halogens is 3. The van der Waals surface area contributed by atoms with Crippen LogP contribution in [0.15, 0.2) is 28.6 Å². The molecule has 4 nitrogen and oxygen atoms in total. The van der Waals surface area contributed by atoms with Gasteiger partial charge in [0.2, 0.25) is 0 Å². The zero-order valence-electron chi connectivity index (χ0n) is 12.3. The summed E-state index contributed by atoms with van der Waals surface area (Å²) in [5, 5.41) is 6.31. The van der Waals surface area contributed by atoms with Crippen molar-refractivity contribution < 1.29 is 17.9 Å². The molecule has 2 unspecified atom stereocenters. The van der Waals surface area contributed by atoms with Gasteiger partial charge in [0, 0.05) is 31.2 Å². The summed E-state index contributed by atoms with van der Waals surface area (Å²) in [6.45, 7) is 4.35. The smallest absolute Gasteiger partial charge is 0.419 e. The van der Waals surface area contributed by atoms with Gasteiger partial charge in [-0.1, -0.05) is 0 Å². The van der Waals surface area contributed by atoms with Gasteiger partial charge in [-0.05, 0) is 32.7 Å². The Morgan fingerprint density at radius 3 is 2.62 bits per heavy atom. The number of aliphatic imine (C=N–C) groups is 1. The maximum absolute atomic E-state index is 13.2. The van der Waals surface area contributed by atoms with Crippen molar-refractivity contribution in [1.82, 2.24) is 10.6 Å². The predicted molar refractivity (Wildman–Crippen MR) is 77.2 cm³/mol. The highest BCUT2D eigenvalue weighted by molar-refractivity contribution is 5.32. The van der Waals surface area contributed by atoms with E-state index in [-0.39, 0.29) is 17.7 Å². The van der Waals surface area contributed by atoms with E-state index in [1.165, 1.54) is 7.11 Å². The standard InChI is InChI=1S/C14H22F3N3O/c1-18-7-6-12(14(15,16)17)13(21-3)10-4-5-11(19-2)9-20-8-10/h6-7,10-11,19-20H,1,4-5,8-9H2,2-3H3/b7-6-,13-12-. The molecule has 1 saturated heterocycles. The van der Waals surface area contributed by atoms with E-state index in [2.05, 4.69) is 22.3 Å². The van der Waals surface area contributed by atoms with Crippen molar-refractivity contribution in [2.75, 3.05) is 27.2 Å². The molecule has 0 saturated carbocycles. The van der Waals surface area contributed by atoms with E-state index in [4.69, 9.17) is 4.74 Å². The number of hydrogen-bond donors (Lipinski definition) is 2. The van der Waals surface area contributed by atoms with Gasteiger partial charge in [0.05, 0.1) is 12.7 Å². The Kier molecular flexibility index (Phi) is 6.91. The van der Waals surface area contributed by atoms with E-state index in [9.17, 15) is 13.2 Å². The molecule has 0 bridgehead atoms. The summed E-state index contributed by atoms with van der Waals surface area (Å²) < 4.78 is 44.7. The van der Waals surface area contributed by atoms with Gasteiger partial charge in [0.1, 0.15) is 5.76 Å². The molecule has 1 fully saturated rings. The molecular formula is C14H22F3N3O. The molecule has 21 heavy (non-hydrogen) atoms. The molecule has 0 spiro atoms. The van der Waals surface area contributed by atoms with Crippen LogP contribution in [0.25, 0.3) is 0 Å². The molecule has 120 valence electrons. The van der Waals surface area contributed by atoms with Gasteiger partial charge in [0.25, 0.3) is 0 Å². The summed E-state index contributed by atoms with van der Waals surface area (Å²) in [6.07, 6.45) is -1.14. The first kappa shape index (κ1) is 17.7. The lowest BCUT2D eigenvalue weighted by Crippen LogP contribution is -2.35. The molecule has 0 aromatic heterocycles. The monoisotopic (exact) mass is 305 g/mol. The fourth-order valence-electron chi connectivity index (χ4n) is 2.45. The number of hydrogen-bond acceptors (Lipinski definition) is 4. The average Bonchev–Trinajstić information content (AvgIpc) is 2.67. The third kappa shape index (κ3) is 5.17. The van der Waals surface area contributed by atoms with Crippen LogP contribution in [-0.2, 0) is 4.74 Å². The van der Waals surface area contributed by atoms with Crippen molar-refractivity contribution >= 4 is 6.72 Å². The highest BCUT2D eigenvalue weighted by Gasteiger charge is 2.38. The number of ether oxygens (including phenoxy) is 1. The van der Waals surface area contributed by atoms with Crippen molar-refractivity contribution in [3.8, 4) is 0 Å². The Balaban J connectivity index is 3.07. The lowest BCUT2D eigenvalue weighted by atomic mass is 9.96. The molecule has 0 aromatic carbocycles. The first-order valence-corrected chi connectivity index (χ1v) is 6.79. The molecule has 1 rings (SSSR count). The second-order valence-electron chi connectivity index (χ2n) is 4.90. The predicted octanol–water partition coefficient (Wildman–Crippen LogP) is 2.25. The van der Waals surface area contributed by atoms with Crippen LogP contribution in [0.5, 0.6) is 0 Å². The fraction of sp³-hybridized carbons (Fsp3) is 0.643. The Bertz CT molecular complexity index is 405. The summed E-state index contributed by atoms with van der Waals surface area (Å²) in [5.74, 6) is -0.369. The maximum atomic E-state index is 13.2. The molecular weight excluding hydrogens is 283 g/mol. The lowest BCUT2D eigenvalue weighted by molar-refractivity contribution is -0.0923. The van der Waals surface area contributed by atoms with Gasteiger partial charge in [-0.15, -0.1) is 0 Å². The molecule has 7 heteroatoms. The van der Waals surface area contributed by atoms with Crippen molar-refractivity contribution in [2.24, 2.45) is 10.9 Å². The summed E-state index contributed by atoms with van der Waals surface area (Å²) >= 11 is 0. The minimum atomic E-state index is -4.48. The van der Waals surface area contributed by atoms with Crippen molar-refractivity contribution in [2.45, 2.75) is 25.1 Å². The topological polar surface area (TPSA) is 45.6 Å². The van der Waals surface area contributed by atoms with Gasteiger partial charge >= 0.3 is 6.18 Å². The maximum Gasteiger partial charge on any atom is 0.419 e. The van der Waals surface area contributed by atoms with Crippen LogP contribution in [0.1, 0.15) is 12.8 Å². The van der Waals surface area contributed by atoms with E-state index in [1.807, 2.05) is 7.05 Å². The molecule has 1 heterocycles. The average molecular weight is 305 g/mol. The van der Waals surface area contributed by atoms with E-state index in [0.29, 0.717) is 13.0 Å². The van der Waals surface area contributed by atoms with Gasteiger partial charge in [-0.3, -0.25) is 4.99 Å². The first-order valence-electron chi connectivity index (χ1n) is 6.79. The van der Waals surface area contributed by atoms with Crippen molar-refractivity contribution in [3.05, 3.63) is 23.6 Å². The minimum Gasteiger partial charge on any atom is -0.500 e. The molecule has 0 aliphatic carbocycles. The van der Waals surface area contributed by atoms with Crippen LogP contribution in [0.3, 0.4) is 0 Å². The summed E-state index contributed by atoms with van der Waals surface area (Å²) in [6, 6.07) is 0.257. The molecule has 1 aliphatic heterocycles. The molecule has 2 N–H and O–H groups in total. The second-order valence-corrected chi connectivity index (χ2v) is 4.90. The van der Waals surface area contributed by atoms with E-state index in [1.54, 1.807) is 0 Å². The highest BCUT2D eigenvalue weighted by atomic mass is 19.4. The van der Waals surface area contributed by atoms with Crippen LogP contribution >= 0.6 is 0 Å². The van der Waals surface area contributed by atoms with Crippen molar-refractivity contribution in [3.63, 3.8) is 0 Å². The number of alkyl halides is 3. The Morgan fingerprint density at radius 2 is 2.10 bits per heavy atom. The number of methoxy groups -OCH3 is 1. The van der Waals surface area contributed by atoms with E-state index in [0.717, 1.165) is 25.2 Å². The summed E-state index contributed by atoms with van der Waals surface area (Å²) in [4.78, 5) is 3.35. The summed E-state index contributed by atoms with van der Waals surface area (Å²) in [5.41, 5.74) is -0.799. The second kappa shape index (κ2) is 8.19. The highest BCUT2D eigenvalue weighted by Crippen LogP contribution is 2.34. The van der Waals surface area contributed by atoms with Crippen LogP contribution < -0.4 is 10.6 Å². The molecule has 0 amide bonds. The number of likely N-dealkylation sites (N-methyl/N-ethyl adjacent to an activating group) is 1. The van der Waals surface area contributed by atoms with Gasteiger partial charge in [0.15, 0.2) is 0 Å². The number of allylic oxidation sites excluding steroid dienone is 2. The molecule has 2 atom stereocenters. The molecule has 0 radical (unpaired) electrons. The Hall–Kier alpha value is -1.34. The minimum absolute atomic E-state index is 0.0494. The molecule has 0 aromatic rings. The number of nitrogens with one attached hydrogen (secondary N) is 2. The third-order valence-electron chi connectivity index (χ3n) is 3.56. The zero-order valence-corrected chi connectivity index (χ0v) is 12.3. The van der Waals surface area contributed by atoms with Gasteiger partial charge in [-0.2, -0.15) is 13.2 Å². The lowest BCUT2D eigenvalue weighted by Gasteiger charge is -2.21. The quantitative estimate of drug-likeness (QED) is 0.465. The van der Waals surface area contributed by atoms with Gasteiger partial charge in [-0.25, -0.2) is 0 Å². The van der Waals surface area contributed by atoms with E-state index >= 15 is 0 Å². The van der Waals surface area contributed by atoms with Gasteiger partial charge < -0.3 is 15.4 Å². The SMILES string of the molecule is C=N/C=C\C(=C(\OC)C1CCC(NC)CNC1)C(F)(F)F. The van der Waals surface area contributed by atoms with Crippen molar-refractivity contribution in [1.29, 1.82) is 0 Å². The first-order chi connectivity index (χ1) is 9.93. The zero-order chi connectivity index (χ0) is 15.9. The fourth-order valence-corrected chi connectivity index (χ4v) is 2.45. The summed E-state index contributed by atoms with van der Waals surface area (Å²) in [7, 11) is 3.12. The Morgan fingerprint density at radius 1 is 1.38 bits per heavy atom. The van der Waals surface area contributed by atoms with E-state index < -0.39 is 11.7 Å². The molecule has 1 aliphatic rings. The normalized spacial score (nSPS) is 25.4. The van der Waals surface area contributed by atoms with Crippen LogP contribution in [0.4, 0.5) is 13.2 Å². The number of nitrogens with zero attached hydrogens (tertiary/aromatic N) is 1. The largest absolute Gasteiger partial charge is 0.500 e. The third-order valence-corrected chi connectivity index (χ3v) is 3.56.